The van der Waals surface area contributed by atoms with Gasteiger partial charge in [-0.2, -0.15) is 0 Å². The van der Waals surface area contributed by atoms with Gasteiger partial charge in [-0.1, -0.05) is 36.4 Å². The number of para-hydroxylation sites is 2. The zero-order valence-corrected chi connectivity index (χ0v) is 30.7. The number of ether oxygens (including phenoxy) is 3. The summed E-state index contributed by atoms with van der Waals surface area (Å²) in [5, 5.41) is 3.44. The fraction of sp³-hybridized carbons (Fsp3) is 0.267. The van der Waals surface area contributed by atoms with E-state index in [1.807, 2.05) is 53.3 Å². The molecular weight excluding hydrogens is 677 g/mol. The fourth-order valence-electron chi connectivity index (χ4n) is 8.46. The van der Waals surface area contributed by atoms with Crippen molar-refractivity contribution in [2.24, 2.45) is 4.99 Å². The van der Waals surface area contributed by atoms with Gasteiger partial charge in [0.1, 0.15) is 19.0 Å². The summed E-state index contributed by atoms with van der Waals surface area (Å²) in [6.07, 6.45) is 5.22. The molecule has 4 aliphatic heterocycles. The van der Waals surface area contributed by atoms with Crippen LogP contribution in [0.15, 0.2) is 96.0 Å². The SMILES string of the molecule is CCNc1cc(COc2cc3c(cc2C)C(=O)N2c4ccccc4C[C@H]2CC3)cc(COc2cc3c(cc2OC)C(=O)N2c4ccccc4C[C@H]2C=N3)c1. The van der Waals surface area contributed by atoms with Crippen molar-refractivity contribution in [1.82, 2.24) is 0 Å². The molecule has 0 bridgehead atoms. The molecule has 2 amide bonds. The van der Waals surface area contributed by atoms with Crippen LogP contribution in [0.1, 0.15) is 67.4 Å². The van der Waals surface area contributed by atoms with E-state index in [0.29, 0.717) is 29.4 Å². The molecule has 1 N–H and O–H groups in total. The van der Waals surface area contributed by atoms with Gasteiger partial charge in [0.15, 0.2) is 11.5 Å². The molecule has 0 saturated heterocycles. The zero-order valence-electron chi connectivity index (χ0n) is 30.7. The molecule has 9 nitrogen and oxygen atoms in total. The maximum atomic E-state index is 13.9. The molecule has 9 heteroatoms. The molecule has 0 aromatic heterocycles. The van der Waals surface area contributed by atoms with Crippen molar-refractivity contribution < 1.29 is 23.8 Å². The van der Waals surface area contributed by atoms with E-state index in [-0.39, 0.29) is 30.5 Å². The van der Waals surface area contributed by atoms with Gasteiger partial charge in [0.05, 0.1) is 24.4 Å². The average molecular weight is 719 g/mol. The third kappa shape index (κ3) is 5.93. The quantitative estimate of drug-likeness (QED) is 0.165. The van der Waals surface area contributed by atoms with Crippen LogP contribution in [0.2, 0.25) is 0 Å². The van der Waals surface area contributed by atoms with Crippen LogP contribution in [-0.2, 0) is 32.5 Å². The number of aliphatic imine (C=N–C) groups is 1. The summed E-state index contributed by atoms with van der Waals surface area (Å²) in [5.74, 6) is 1.73. The van der Waals surface area contributed by atoms with Gasteiger partial charge in [0, 0.05) is 53.9 Å². The Bertz CT molecular complexity index is 2350. The van der Waals surface area contributed by atoms with E-state index in [1.54, 1.807) is 19.2 Å². The van der Waals surface area contributed by atoms with Crippen molar-refractivity contribution in [2.75, 3.05) is 28.8 Å². The summed E-state index contributed by atoms with van der Waals surface area (Å²) in [6, 6.07) is 30.1. The number of nitrogens with zero attached hydrogens (tertiary/aromatic N) is 3. The van der Waals surface area contributed by atoms with Crippen molar-refractivity contribution in [2.45, 2.75) is 64.8 Å². The number of carbonyl (C=O) groups excluding carboxylic acids is 2. The van der Waals surface area contributed by atoms with E-state index in [1.165, 1.54) is 5.56 Å². The molecule has 0 fully saturated rings. The van der Waals surface area contributed by atoms with E-state index in [2.05, 4.69) is 60.8 Å². The molecule has 0 spiro atoms. The Morgan fingerprint density at radius 2 is 1.43 bits per heavy atom. The van der Waals surface area contributed by atoms with Crippen LogP contribution >= 0.6 is 0 Å². The van der Waals surface area contributed by atoms with Crippen LogP contribution in [0.5, 0.6) is 17.2 Å². The number of methoxy groups -OCH3 is 1. The third-order valence-electron chi connectivity index (χ3n) is 11.0. The Morgan fingerprint density at radius 3 is 2.17 bits per heavy atom. The summed E-state index contributed by atoms with van der Waals surface area (Å²) < 4.78 is 18.6. The first-order chi connectivity index (χ1) is 26.4. The Morgan fingerprint density at radius 1 is 0.741 bits per heavy atom. The fourth-order valence-corrected chi connectivity index (χ4v) is 8.46. The van der Waals surface area contributed by atoms with E-state index < -0.39 is 0 Å². The van der Waals surface area contributed by atoms with E-state index >= 15 is 0 Å². The molecule has 0 saturated carbocycles. The van der Waals surface area contributed by atoms with Crippen LogP contribution in [0.3, 0.4) is 0 Å². The van der Waals surface area contributed by atoms with Crippen molar-refractivity contribution >= 4 is 40.8 Å². The molecule has 4 heterocycles. The number of aryl methyl sites for hydroxylation is 2. The summed E-state index contributed by atoms with van der Waals surface area (Å²) in [7, 11) is 1.58. The summed E-state index contributed by atoms with van der Waals surface area (Å²) in [6.45, 7) is 5.45. The van der Waals surface area contributed by atoms with E-state index in [9.17, 15) is 9.59 Å². The number of hydrogen-bond donors (Lipinski definition) is 1. The van der Waals surface area contributed by atoms with Gasteiger partial charge in [-0.15, -0.1) is 0 Å². The number of nitrogens with one attached hydrogen (secondary N) is 1. The molecule has 272 valence electrons. The van der Waals surface area contributed by atoms with Gasteiger partial charge < -0.3 is 24.4 Å². The molecule has 9 rings (SSSR count). The lowest BCUT2D eigenvalue weighted by molar-refractivity contribution is 0.0975. The number of hydrogen-bond acceptors (Lipinski definition) is 7. The summed E-state index contributed by atoms with van der Waals surface area (Å²) in [4.78, 5) is 36.3. The van der Waals surface area contributed by atoms with Gasteiger partial charge in [-0.25, -0.2) is 0 Å². The average Bonchev–Trinajstić information content (AvgIpc) is 3.68. The number of anilines is 3. The third-order valence-corrected chi connectivity index (χ3v) is 11.0. The first-order valence-electron chi connectivity index (χ1n) is 18.7. The van der Waals surface area contributed by atoms with Crippen LogP contribution in [-0.4, -0.2) is 43.8 Å². The lowest BCUT2D eigenvalue weighted by Gasteiger charge is -2.23. The molecule has 0 unspecified atom stereocenters. The van der Waals surface area contributed by atoms with Crippen molar-refractivity contribution in [1.29, 1.82) is 0 Å². The minimum Gasteiger partial charge on any atom is -0.493 e. The molecule has 0 aliphatic carbocycles. The van der Waals surface area contributed by atoms with Gasteiger partial charge in [-0.3, -0.25) is 19.5 Å². The van der Waals surface area contributed by atoms with Gasteiger partial charge in [-0.05, 0) is 115 Å². The van der Waals surface area contributed by atoms with Crippen LogP contribution in [0.25, 0.3) is 0 Å². The second-order valence-electron chi connectivity index (χ2n) is 14.5. The van der Waals surface area contributed by atoms with Crippen LogP contribution in [0, 0.1) is 6.92 Å². The largest absolute Gasteiger partial charge is 0.493 e. The number of carbonyl (C=O) groups is 2. The smallest absolute Gasteiger partial charge is 0.261 e. The highest BCUT2D eigenvalue weighted by atomic mass is 16.5. The number of benzene rings is 5. The number of amides is 2. The summed E-state index contributed by atoms with van der Waals surface area (Å²) >= 11 is 0. The van der Waals surface area contributed by atoms with E-state index in [4.69, 9.17) is 19.2 Å². The second-order valence-corrected chi connectivity index (χ2v) is 14.5. The Balaban J connectivity index is 0.930. The molecule has 4 aliphatic rings. The van der Waals surface area contributed by atoms with Gasteiger partial charge in [0.25, 0.3) is 11.8 Å². The number of rotatable bonds is 9. The summed E-state index contributed by atoms with van der Waals surface area (Å²) in [5.41, 5.74) is 11.0. The first kappa shape index (κ1) is 33.7. The maximum Gasteiger partial charge on any atom is 0.261 e. The van der Waals surface area contributed by atoms with Gasteiger partial charge in [0.2, 0.25) is 0 Å². The van der Waals surface area contributed by atoms with Crippen LogP contribution < -0.4 is 29.3 Å². The maximum absolute atomic E-state index is 13.9. The zero-order chi connectivity index (χ0) is 36.9. The van der Waals surface area contributed by atoms with Crippen molar-refractivity contribution in [3.8, 4) is 17.2 Å². The lowest BCUT2D eigenvalue weighted by Crippen LogP contribution is -2.37. The predicted molar refractivity (Wildman–Crippen MR) is 211 cm³/mol. The standard InChI is InChI=1S/C45H42N4O5/c1-4-46-33-17-28(25-53-41-21-30-13-14-34-19-31-9-5-7-11-39(31)48(34)44(50)36(30)15-27(41)2)16-29(18-33)26-54-43-23-38-37(22-42(43)52-3)45(51)49-35(24-47-38)20-32-10-6-8-12-40(32)49/h5-12,15-18,21-24,34-35,46H,4,13-14,19-20,25-26H2,1-3H3/t34-,35+/m1/s1. The van der Waals surface area contributed by atoms with E-state index in [0.717, 1.165) is 88.4 Å². The van der Waals surface area contributed by atoms with Gasteiger partial charge >= 0.3 is 0 Å². The van der Waals surface area contributed by atoms with Crippen molar-refractivity contribution in [3.05, 3.63) is 136 Å². The van der Waals surface area contributed by atoms with Crippen LogP contribution in [0.4, 0.5) is 22.7 Å². The minimum absolute atomic E-state index is 0.0747. The highest BCUT2D eigenvalue weighted by molar-refractivity contribution is 6.15. The topological polar surface area (TPSA) is 92.7 Å². The Labute approximate surface area is 315 Å². The highest BCUT2D eigenvalue weighted by Gasteiger charge is 2.38. The molecular formula is C45H42N4O5. The molecule has 5 aromatic rings. The van der Waals surface area contributed by atoms with Crippen molar-refractivity contribution in [3.63, 3.8) is 0 Å². The highest BCUT2D eigenvalue weighted by Crippen LogP contribution is 2.42. The monoisotopic (exact) mass is 718 g/mol. The lowest BCUT2D eigenvalue weighted by atomic mass is 9.98. The molecule has 2 atom stereocenters. The number of fused-ring (bicyclic) bond motifs is 8. The second kappa shape index (κ2) is 13.7. The minimum atomic E-state index is -0.139. The Kier molecular flexibility index (Phi) is 8.57. The molecule has 54 heavy (non-hydrogen) atoms. The first-order valence-corrected chi connectivity index (χ1v) is 18.7. The Hall–Kier alpha value is -6.09. The normalized spacial score (nSPS) is 17.8. The molecule has 0 radical (unpaired) electrons. The molecule has 5 aromatic carbocycles. The predicted octanol–water partition coefficient (Wildman–Crippen LogP) is 8.40.